The fourth-order valence-electron chi connectivity index (χ4n) is 0.913. The average molecular weight is 267 g/mol. The van der Waals surface area contributed by atoms with Crippen LogP contribution in [-0.2, 0) is 10.0 Å². The Balaban J connectivity index is 2.77. The molecule has 0 aliphatic rings. The molecule has 0 amide bonds. The van der Waals surface area contributed by atoms with Crippen molar-refractivity contribution in [1.29, 1.82) is 0 Å². The highest BCUT2D eigenvalue weighted by Crippen LogP contribution is 2.12. The first-order chi connectivity index (χ1) is 7.06. The molecule has 1 N–H and O–H groups in total. The third-order valence-electron chi connectivity index (χ3n) is 1.61. The number of halogens is 1. The van der Waals surface area contributed by atoms with Gasteiger partial charge in [-0.25, -0.2) is 18.1 Å². The second-order valence-electron chi connectivity index (χ2n) is 2.70. The van der Waals surface area contributed by atoms with Crippen LogP contribution < -0.4 is 4.72 Å². The fourth-order valence-corrected chi connectivity index (χ4v) is 2.63. The molecule has 0 spiro atoms. The third kappa shape index (κ3) is 3.98. The van der Waals surface area contributed by atoms with Gasteiger partial charge in [0, 0.05) is 18.5 Å². The zero-order valence-electron chi connectivity index (χ0n) is 8.10. The smallest absolute Gasteiger partial charge is 0.240 e. The number of pyridine rings is 1. The molecule has 0 unspecified atom stereocenters. The summed E-state index contributed by atoms with van der Waals surface area (Å²) in [4.78, 5) is 3.86. The lowest BCUT2D eigenvalue weighted by Gasteiger charge is -2.05. The van der Waals surface area contributed by atoms with E-state index in [4.69, 9.17) is 11.6 Å². The molecule has 1 heterocycles. The summed E-state index contributed by atoms with van der Waals surface area (Å²) in [7, 11) is -3.44. The molecule has 1 aromatic heterocycles. The topological polar surface area (TPSA) is 59.1 Å². The molecular formula is C8H11ClN2O2S2. The zero-order chi connectivity index (χ0) is 11.3. The Morgan fingerprint density at radius 1 is 1.60 bits per heavy atom. The quantitative estimate of drug-likeness (QED) is 0.646. The number of hydrogen-bond acceptors (Lipinski definition) is 4. The summed E-state index contributed by atoms with van der Waals surface area (Å²) in [5, 5.41) is 0.169. The number of thioether (sulfide) groups is 1. The number of sulfonamides is 1. The van der Waals surface area contributed by atoms with Gasteiger partial charge in [0.2, 0.25) is 10.0 Å². The van der Waals surface area contributed by atoms with E-state index in [-0.39, 0.29) is 10.0 Å². The van der Waals surface area contributed by atoms with Crippen LogP contribution >= 0.6 is 23.4 Å². The van der Waals surface area contributed by atoms with Gasteiger partial charge in [-0.2, -0.15) is 11.8 Å². The van der Waals surface area contributed by atoms with E-state index in [2.05, 4.69) is 9.71 Å². The first kappa shape index (κ1) is 12.8. The van der Waals surface area contributed by atoms with Crippen molar-refractivity contribution in [3.8, 4) is 0 Å². The summed E-state index contributed by atoms with van der Waals surface area (Å²) in [5.74, 6) is 0.734. The van der Waals surface area contributed by atoms with Gasteiger partial charge in [0.25, 0.3) is 0 Å². The van der Waals surface area contributed by atoms with Gasteiger partial charge < -0.3 is 0 Å². The minimum Gasteiger partial charge on any atom is -0.244 e. The minimum atomic E-state index is -3.44. The molecule has 84 valence electrons. The second kappa shape index (κ2) is 5.69. The lowest BCUT2D eigenvalue weighted by atomic mass is 10.5. The first-order valence-electron chi connectivity index (χ1n) is 4.16. The standard InChI is InChI=1S/C8H11ClN2O2S2/c1-14-5-4-11-15(12,13)7-2-3-10-8(9)6-7/h2-3,6,11H,4-5H2,1H3. The van der Waals surface area contributed by atoms with Gasteiger partial charge in [-0.05, 0) is 18.4 Å². The van der Waals surface area contributed by atoms with Crippen molar-refractivity contribution in [2.75, 3.05) is 18.6 Å². The molecule has 0 aliphatic carbocycles. The van der Waals surface area contributed by atoms with Crippen molar-refractivity contribution < 1.29 is 8.42 Å². The molecule has 0 radical (unpaired) electrons. The summed E-state index contributed by atoms with van der Waals surface area (Å²) >= 11 is 7.18. The number of aromatic nitrogens is 1. The lowest BCUT2D eigenvalue weighted by molar-refractivity contribution is 0.584. The number of nitrogens with zero attached hydrogens (tertiary/aromatic N) is 1. The van der Waals surface area contributed by atoms with Gasteiger partial charge in [-0.3, -0.25) is 0 Å². The molecule has 15 heavy (non-hydrogen) atoms. The maximum absolute atomic E-state index is 11.7. The van der Waals surface area contributed by atoms with Gasteiger partial charge in [0.05, 0.1) is 4.90 Å². The Labute approximate surface area is 98.5 Å². The molecule has 0 saturated carbocycles. The SMILES string of the molecule is CSCCNS(=O)(=O)c1ccnc(Cl)c1. The molecule has 0 bridgehead atoms. The summed E-state index contributed by atoms with van der Waals surface area (Å²) in [6.07, 6.45) is 3.28. The van der Waals surface area contributed by atoms with Crippen LogP contribution in [0.1, 0.15) is 0 Å². The van der Waals surface area contributed by atoms with Crippen molar-refractivity contribution in [1.82, 2.24) is 9.71 Å². The minimum absolute atomic E-state index is 0.142. The molecule has 7 heteroatoms. The number of rotatable bonds is 5. The van der Waals surface area contributed by atoms with Gasteiger partial charge >= 0.3 is 0 Å². The zero-order valence-corrected chi connectivity index (χ0v) is 10.5. The summed E-state index contributed by atoms with van der Waals surface area (Å²) in [5.41, 5.74) is 0. The Morgan fingerprint density at radius 3 is 2.93 bits per heavy atom. The lowest BCUT2D eigenvalue weighted by Crippen LogP contribution is -2.26. The Kier molecular flexibility index (Phi) is 4.85. The van der Waals surface area contributed by atoms with Crippen LogP contribution in [0.4, 0.5) is 0 Å². The molecule has 1 aromatic rings. The highest BCUT2D eigenvalue weighted by molar-refractivity contribution is 7.98. The van der Waals surface area contributed by atoms with Gasteiger partial charge in [0.1, 0.15) is 5.15 Å². The summed E-state index contributed by atoms with van der Waals surface area (Å²) in [6, 6.07) is 2.73. The van der Waals surface area contributed by atoms with E-state index in [9.17, 15) is 8.42 Å². The Hall–Kier alpha value is -0.300. The van der Waals surface area contributed by atoms with E-state index < -0.39 is 10.0 Å². The van der Waals surface area contributed by atoms with Crippen LogP contribution in [0.5, 0.6) is 0 Å². The highest BCUT2D eigenvalue weighted by atomic mass is 35.5. The van der Waals surface area contributed by atoms with Crippen LogP contribution in [0, 0.1) is 0 Å². The largest absolute Gasteiger partial charge is 0.244 e. The summed E-state index contributed by atoms with van der Waals surface area (Å²) in [6.45, 7) is 0.406. The van der Waals surface area contributed by atoms with Crippen molar-refractivity contribution in [2.24, 2.45) is 0 Å². The van der Waals surface area contributed by atoms with E-state index in [1.165, 1.54) is 18.3 Å². The molecule has 4 nitrogen and oxygen atoms in total. The van der Waals surface area contributed by atoms with Gasteiger partial charge in [0.15, 0.2) is 0 Å². The van der Waals surface area contributed by atoms with Crippen molar-refractivity contribution in [2.45, 2.75) is 4.90 Å². The predicted molar refractivity (Wildman–Crippen MR) is 62.8 cm³/mol. The van der Waals surface area contributed by atoms with Crippen molar-refractivity contribution in [3.63, 3.8) is 0 Å². The van der Waals surface area contributed by atoms with Gasteiger partial charge in [-0.15, -0.1) is 0 Å². The molecule has 0 aromatic carbocycles. The molecule has 0 aliphatic heterocycles. The highest BCUT2D eigenvalue weighted by Gasteiger charge is 2.13. The van der Waals surface area contributed by atoms with Crippen LogP contribution in [0.2, 0.25) is 5.15 Å². The molecule has 0 fully saturated rings. The van der Waals surface area contributed by atoms with E-state index in [0.717, 1.165) is 5.75 Å². The van der Waals surface area contributed by atoms with Crippen LogP contribution in [0.25, 0.3) is 0 Å². The normalized spacial score (nSPS) is 11.6. The van der Waals surface area contributed by atoms with E-state index in [1.807, 2.05) is 6.26 Å². The monoisotopic (exact) mass is 266 g/mol. The molecule has 1 rings (SSSR count). The van der Waals surface area contributed by atoms with Crippen molar-refractivity contribution >= 4 is 33.4 Å². The summed E-state index contributed by atoms with van der Waals surface area (Å²) < 4.78 is 25.8. The van der Waals surface area contributed by atoms with Crippen molar-refractivity contribution in [3.05, 3.63) is 23.5 Å². The average Bonchev–Trinajstić information content (AvgIpc) is 2.18. The number of nitrogens with one attached hydrogen (secondary N) is 1. The molecular weight excluding hydrogens is 256 g/mol. The van der Waals surface area contributed by atoms with Crippen LogP contribution in [0.3, 0.4) is 0 Å². The Morgan fingerprint density at radius 2 is 2.33 bits per heavy atom. The maximum atomic E-state index is 11.7. The first-order valence-corrected chi connectivity index (χ1v) is 7.42. The fraction of sp³-hybridized carbons (Fsp3) is 0.375. The molecule has 0 saturated heterocycles. The van der Waals surface area contributed by atoms with Crippen LogP contribution in [-0.4, -0.2) is 32.0 Å². The Bertz CT molecular complexity index is 422. The van der Waals surface area contributed by atoms with E-state index >= 15 is 0 Å². The second-order valence-corrected chi connectivity index (χ2v) is 5.84. The van der Waals surface area contributed by atoms with E-state index in [1.54, 1.807) is 11.8 Å². The number of hydrogen-bond donors (Lipinski definition) is 1. The maximum Gasteiger partial charge on any atom is 0.240 e. The predicted octanol–water partition coefficient (Wildman–Crippen LogP) is 1.38. The molecule has 0 atom stereocenters. The van der Waals surface area contributed by atoms with E-state index in [0.29, 0.717) is 6.54 Å². The third-order valence-corrected chi connectivity index (χ3v) is 3.88. The van der Waals surface area contributed by atoms with Gasteiger partial charge in [-0.1, -0.05) is 11.6 Å². The van der Waals surface area contributed by atoms with Crippen LogP contribution in [0.15, 0.2) is 23.2 Å².